The summed E-state index contributed by atoms with van der Waals surface area (Å²) in [5, 5.41) is 7.36. The van der Waals surface area contributed by atoms with Gasteiger partial charge in [-0.3, -0.25) is 0 Å². The Morgan fingerprint density at radius 2 is 1.81 bits per heavy atom. The van der Waals surface area contributed by atoms with Crippen molar-refractivity contribution in [1.29, 1.82) is 0 Å². The lowest BCUT2D eigenvalue weighted by Crippen LogP contribution is -2.36. The molecule has 5 aromatic rings. The SMILES string of the molecule is Cc1cc2c(cnn2-c2ccc(F)cc2)cc1C1(Cc2ccccc2)CCN(S(=O)(=O)c2cccs2)C1. The summed E-state index contributed by atoms with van der Waals surface area (Å²) < 4.78 is 44.2. The van der Waals surface area contributed by atoms with Crippen molar-refractivity contribution in [3.63, 3.8) is 0 Å². The normalized spacial score (nSPS) is 18.5. The minimum absolute atomic E-state index is 0.287. The molecule has 6 rings (SSSR count). The number of benzene rings is 3. The molecule has 0 aliphatic carbocycles. The van der Waals surface area contributed by atoms with Gasteiger partial charge in [-0.25, -0.2) is 17.5 Å². The largest absolute Gasteiger partial charge is 0.252 e. The second-order valence-corrected chi connectivity index (χ2v) is 12.8. The Hall–Kier alpha value is -3.33. The Morgan fingerprint density at radius 3 is 2.54 bits per heavy atom. The van der Waals surface area contributed by atoms with Crippen LogP contribution in [0.25, 0.3) is 16.6 Å². The predicted octanol–water partition coefficient (Wildman–Crippen LogP) is 6.11. The highest BCUT2D eigenvalue weighted by molar-refractivity contribution is 7.91. The Bertz CT molecular complexity index is 1660. The fraction of sp³-hybridized carbons (Fsp3) is 0.207. The molecule has 0 radical (unpaired) electrons. The lowest BCUT2D eigenvalue weighted by molar-refractivity contribution is 0.414. The van der Waals surface area contributed by atoms with Crippen molar-refractivity contribution < 1.29 is 12.8 Å². The summed E-state index contributed by atoms with van der Waals surface area (Å²) in [5.41, 5.74) is 4.76. The Balaban J connectivity index is 1.44. The molecular weight excluding hydrogens is 505 g/mol. The molecule has 188 valence electrons. The van der Waals surface area contributed by atoms with Crippen molar-refractivity contribution in [2.75, 3.05) is 13.1 Å². The average molecular weight is 532 g/mol. The van der Waals surface area contributed by atoms with Gasteiger partial charge < -0.3 is 0 Å². The second kappa shape index (κ2) is 9.20. The molecule has 0 bridgehead atoms. The van der Waals surface area contributed by atoms with Gasteiger partial charge in [0.05, 0.1) is 17.4 Å². The minimum Gasteiger partial charge on any atom is -0.233 e. The van der Waals surface area contributed by atoms with E-state index >= 15 is 0 Å². The third kappa shape index (κ3) is 4.29. The van der Waals surface area contributed by atoms with E-state index in [0.29, 0.717) is 17.3 Å². The molecule has 1 saturated heterocycles. The Morgan fingerprint density at radius 1 is 1.03 bits per heavy atom. The van der Waals surface area contributed by atoms with Crippen LogP contribution < -0.4 is 0 Å². The van der Waals surface area contributed by atoms with Gasteiger partial charge in [0.1, 0.15) is 10.0 Å². The van der Waals surface area contributed by atoms with Crippen LogP contribution in [0, 0.1) is 12.7 Å². The first kappa shape index (κ1) is 24.0. The standard InChI is InChI=1S/C29H26FN3O2S2/c1-21-16-27-23(19-31-33(27)25-11-9-24(30)10-12-25)17-26(21)29(18-22-6-3-2-4-7-22)13-14-32(20-29)37(34,35)28-8-5-15-36-28/h2-12,15-17,19H,13-14,18,20H2,1H3. The van der Waals surface area contributed by atoms with Crippen LogP contribution in [0.4, 0.5) is 4.39 Å². The topological polar surface area (TPSA) is 55.2 Å². The summed E-state index contributed by atoms with van der Waals surface area (Å²) in [5.74, 6) is -0.287. The first-order valence-electron chi connectivity index (χ1n) is 12.2. The summed E-state index contributed by atoms with van der Waals surface area (Å²) in [4.78, 5) is 0. The van der Waals surface area contributed by atoms with Gasteiger partial charge in [0, 0.05) is 23.9 Å². The molecule has 37 heavy (non-hydrogen) atoms. The van der Waals surface area contributed by atoms with E-state index in [4.69, 9.17) is 0 Å². The van der Waals surface area contributed by atoms with Crippen molar-refractivity contribution in [2.45, 2.75) is 29.4 Å². The number of thiophene rings is 1. The molecule has 1 fully saturated rings. The van der Waals surface area contributed by atoms with Crippen LogP contribution in [0.5, 0.6) is 0 Å². The zero-order valence-corrected chi connectivity index (χ0v) is 22.0. The highest BCUT2D eigenvalue weighted by Gasteiger charge is 2.45. The number of hydrogen-bond acceptors (Lipinski definition) is 4. The molecule has 0 N–H and O–H groups in total. The molecule has 8 heteroatoms. The zero-order valence-electron chi connectivity index (χ0n) is 20.3. The van der Waals surface area contributed by atoms with Gasteiger partial charge in [0.25, 0.3) is 10.0 Å². The predicted molar refractivity (Wildman–Crippen MR) is 145 cm³/mol. The first-order chi connectivity index (χ1) is 17.9. The zero-order chi connectivity index (χ0) is 25.6. The third-order valence-electron chi connectivity index (χ3n) is 7.35. The third-order valence-corrected chi connectivity index (χ3v) is 10.6. The molecule has 1 atom stereocenters. The Kier molecular flexibility index (Phi) is 5.98. The molecule has 2 aromatic heterocycles. The van der Waals surface area contributed by atoms with E-state index in [0.717, 1.165) is 40.6 Å². The van der Waals surface area contributed by atoms with E-state index < -0.39 is 10.0 Å². The van der Waals surface area contributed by atoms with Crippen LogP contribution in [0.2, 0.25) is 0 Å². The quantitative estimate of drug-likeness (QED) is 0.266. The molecule has 1 unspecified atom stereocenters. The molecule has 3 aromatic carbocycles. The molecule has 1 aliphatic rings. The number of hydrogen-bond donors (Lipinski definition) is 0. The van der Waals surface area contributed by atoms with Crippen LogP contribution in [0.3, 0.4) is 0 Å². The van der Waals surface area contributed by atoms with Gasteiger partial charge >= 0.3 is 0 Å². The van der Waals surface area contributed by atoms with E-state index in [1.54, 1.807) is 34.0 Å². The van der Waals surface area contributed by atoms with Gasteiger partial charge in [-0.2, -0.15) is 9.40 Å². The van der Waals surface area contributed by atoms with E-state index in [1.165, 1.54) is 29.0 Å². The van der Waals surface area contributed by atoms with Gasteiger partial charge in [-0.05, 0) is 84.3 Å². The molecule has 3 heterocycles. The summed E-state index contributed by atoms with van der Waals surface area (Å²) in [6.07, 6.45) is 3.29. The van der Waals surface area contributed by atoms with Gasteiger partial charge in [0.15, 0.2) is 0 Å². The minimum atomic E-state index is -3.55. The summed E-state index contributed by atoms with van der Waals surface area (Å²) in [6, 6.07) is 24.3. The maximum absolute atomic E-state index is 13.5. The number of rotatable bonds is 6. The van der Waals surface area contributed by atoms with Crippen molar-refractivity contribution >= 4 is 32.3 Å². The monoisotopic (exact) mass is 531 g/mol. The lowest BCUT2D eigenvalue weighted by Gasteiger charge is -2.32. The van der Waals surface area contributed by atoms with Crippen LogP contribution >= 0.6 is 11.3 Å². The number of sulfonamides is 1. The van der Waals surface area contributed by atoms with Crippen LogP contribution in [0.1, 0.15) is 23.1 Å². The van der Waals surface area contributed by atoms with Crippen LogP contribution in [-0.2, 0) is 21.9 Å². The van der Waals surface area contributed by atoms with E-state index in [2.05, 4.69) is 36.3 Å². The lowest BCUT2D eigenvalue weighted by atomic mass is 9.73. The molecule has 5 nitrogen and oxygen atoms in total. The van der Waals surface area contributed by atoms with Crippen LogP contribution in [-0.4, -0.2) is 35.6 Å². The molecule has 0 spiro atoms. The summed E-state index contributed by atoms with van der Waals surface area (Å²) in [7, 11) is -3.55. The van der Waals surface area contributed by atoms with Crippen molar-refractivity contribution in [3.8, 4) is 5.69 Å². The van der Waals surface area contributed by atoms with E-state index in [9.17, 15) is 12.8 Å². The summed E-state index contributed by atoms with van der Waals surface area (Å²) >= 11 is 1.26. The number of fused-ring (bicyclic) bond motifs is 1. The number of aromatic nitrogens is 2. The van der Waals surface area contributed by atoms with Crippen molar-refractivity contribution in [2.24, 2.45) is 0 Å². The highest BCUT2D eigenvalue weighted by atomic mass is 32.2. The first-order valence-corrected chi connectivity index (χ1v) is 14.5. The highest BCUT2D eigenvalue weighted by Crippen LogP contribution is 2.43. The van der Waals surface area contributed by atoms with Gasteiger partial charge in [-0.1, -0.05) is 36.4 Å². The van der Waals surface area contributed by atoms with E-state index in [-0.39, 0.29) is 11.2 Å². The van der Waals surface area contributed by atoms with Crippen molar-refractivity contribution in [3.05, 3.63) is 113 Å². The average Bonchev–Trinajstić information content (AvgIpc) is 3.66. The summed E-state index contributed by atoms with van der Waals surface area (Å²) in [6.45, 7) is 2.97. The van der Waals surface area contributed by atoms with Crippen molar-refractivity contribution in [1.82, 2.24) is 14.1 Å². The van der Waals surface area contributed by atoms with Gasteiger partial charge in [-0.15, -0.1) is 11.3 Å². The fourth-order valence-electron chi connectivity index (χ4n) is 5.56. The molecule has 0 saturated carbocycles. The van der Waals surface area contributed by atoms with E-state index in [1.807, 2.05) is 29.1 Å². The number of halogens is 1. The maximum Gasteiger partial charge on any atom is 0.252 e. The smallest absolute Gasteiger partial charge is 0.233 e. The molecule has 0 amide bonds. The Labute approximate surface area is 219 Å². The number of aryl methyl sites for hydroxylation is 1. The molecule has 1 aliphatic heterocycles. The maximum atomic E-state index is 13.5. The molecular formula is C29H26FN3O2S2. The van der Waals surface area contributed by atoms with Crippen LogP contribution in [0.15, 0.2) is 94.6 Å². The fourth-order valence-corrected chi connectivity index (χ4v) is 8.23. The number of nitrogens with zero attached hydrogens (tertiary/aromatic N) is 3. The second-order valence-electron chi connectivity index (χ2n) is 9.72. The van der Waals surface area contributed by atoms with Gasteiger partial charge in [0.2, 0.25) is 0 Å².